The molecule has 8 heteroatoms. The Morgan fingerprint density at radius 2 is 1.33 bits per heavy atom. The lowest BCUT2D eigenvalue weighted by Crippen LogP contribution is -2.44. The average Bonchev–Trinajstić information content (AvgIpc) is 2.80. The number of benzene rings is 2. The number of aliphatic hydroxyl groups excluding tert-OH is 3. The maximum Gasteiger partial charge on any atom is 0.335 e. The summed E-state index contributed by atoms with van der Waals surface area (Å²) in [5.74, 6) is -3.23. The molecule has 2 aromatic carbocycles. The van der Waals surface area contributed by atoms with Crippen molar-refractivity contribution < 1.29 is 35.1 Å². The maximum absolute atomic E-state index is 10.5. The highest BCUT2D eigenvalue weighted by Crippen LogP contribution is 2.47. The molecule has 180 valence electrons. The van der Waals surface area contributed by atoms with Crippen molar-refractivity contribution in [1.29, 1.82) is 0 Å². The predicted molar refractivity (Wildman–Crippen MR) is 123 cm³/mol. The first-order valence-electron chi connectivity index (χ1n) is 10.8. The first-order valence-corrected chi connectivity index (χ1v) is 10.8. The van der Waals surface area contributed by atoms with Gasteiger partial charge in [-0.05, 0) is 50.4 Å². The van der Waals surface area contributed by atoms with Crippen LogP contribution in [0.25, 0.3) is 0 Å². The lowest BCUT2D eigenvalue weighted by molar-refractivity contribution is -0.165. The number of hydrogen-bond donors (Lipinski definition) is 5. The molecule has 4 unspecified atom stereocenters. The van der Waals surface area contributed by atoms with Crippen LogP contribution in [0, 0.1) is 5.92 Å². The maximum atomic E-state index is 10.5. The minimum atomic E-state index is -2.27. The summed E-state index contributed by atoms with van der Waals surface area (Å²) >= 11 is 0. The molecule has 1 saturated carbocycles. The fraction of sp³-hybridized carbons (Fsp3) is 0.440. The summed E-state index contributed by atoms with van der Waals surface area (Å²) in [5, 5.41) is 43.0. The summed E-state index contributed by atoms with van der Waals surface area (Å²) in [6.07, 6.45) is -1.86. The van der Waals surface area contributed by atoms with Crippen LogP contribution in [-0.2, 0) is 15.0 Å². The van der Waals surface area contributed by atoms with Gasteiger partial charge < -0.3 is 30.4 Å². The van der Waals surface area contributed by atoms with E-state index in [1.807, 2.05) is 0 Å². The second kappa shape index (κ2) is 11.9. The quantitative estimate of drug-likeness (QED) is 0.421. The summed E-state index contributed by atoms with van der Waals surface area (Å²) in [7, 11) is 4.18. The molecule has 5 N–H and O–H groups in total. The van der Waals surface area contributed by atoms with E-state index in [0.717, 1.165) is 25.8 Å². The number of rotatable bonds is 7. The molecule has 1 aliphatic carbocycles. The Morgan fingerprint density at radius 3 is 1.70 bits per heavy atom. The summed E-state index contributed by atoms with van der Waals surface area (Å²) in [6, 6.07) is 21.7. The highest BCUT2D eigenvalue weighted by Gasteiger charge is 2.42. The molecule has 33 heavy (non-hydrogen) atoms. The van der Waals surface area contributed by atoms with Crippen LogP contribution in [0.15, 0.2) is 60.7 Å². The van der Waals surface area contributed by atoms with Gasteiger partial charge in [-0.15, -0.1) is 0 Å². The summed E-state index contributed by atoms with van der Waals surface area (Å²) in [6.45, 7) is 0.933. The van der Waals surface area contributed by atoms with Gasteiger partial charge >= 0.3 is 11.9 Å². The second-order valence-electron chi connectivity index (χ2n) is 8.71. The average molecular weight is 460 g/mol. The van der Waals surface area contributed by atoms with Gasteiger partial charge in [0.15, 0.2) is 12.2 Å². The molecule has 8 nitrogen and oxygen atoms in total. The number of nitrogens with zero attached hydrogens (tertiary/aromatic N) is 1. The monoisotopic (exact) mass is 459 g/mol. The van der Waals surface area contributed by atoms with E-state index in [0.29, 0.717) is 5.92 Å². The third-order valence-corrected chi connectivity index (χ3v) is 6.08. The number of hydrogen-bond acceptors (Lipinski definition) is 6. The van der Waals surface area contributed by atoms with Crippen LogP contribution < -0.4 is 0 Å². The van der Waals surface area contributed by atoms with E-state index in [1.165, 1.54) is 11.1 Å². The Hall–Kier alpha value is -2.78. The zero-order chi connectivity index (χ0) is 24.6. The van der Waals surface area contributed by atoms with Crippen molar-refractivity contribution in [2.75, 3.05) is 20.6 Å². The third kappa shape index (κ3) is 6.85. The number of aliphatic hydroxyl groups is 3. The minimum absolute atomic E-state index is 0.0163. The van der Waals surface area contributed by atoms with Crippen LogP contribution in [-0.4, -0.2) is 81.3 Å². The molecule has 0 heterocycles. The third-order valence-electron chi connectivity index (χ3n) is 6.08. The zero-order valence-corrected chi connectivity index (χ0v) is 18.9. The van der Waals surface area contributed by atoms with Crippen molar-refractivity contribution in [3.05, 3.63) is 71.8 Å². The predicted octanol–water partition coefficient (Wildman–Crippen LogP) is 1.57. The number of carboxylic acid groups (broad SMARTS) is 2. The van der Waals surface area contributed by atoms with E-state index in [1.54, 1.807) is 0 Å². The minimum Gasteiger partial charge on any atom is -0.479 e. The van der Waals surface area contributed by atoms with Gasteiger partial charge in [0.1, 0.15) is 0 Å². The number of carboxylic acids is 2. The summed E-state index contributed by atoms with van der Waals surface area (Å²) < 4.78 is 0. The van der Waals surface area contributed by atoms with Crippen LogP contribution in [0.1, 0.15) is 30.4 Å². The first kappa shape index (κ1) is 26.5. The van der Waals surface area contributed by atoms with Gasteiger partial charge in [-0.3, -0.25) is 0 Å². The molecule has 0 aromatic heterocycles. The summed E-state index contributed by atoms with van der Waals surface area (Å²) in [5.41, 5.74) is 2.77. The number of aliphatic carboxylic acids is 2. The Bertz CT molecular complexity index is 831. The normalized spacial score (nSPS) is 21.4. The second-order valence-corrected chi connectivity index (χ2v) is 8.71. The highest BCUT2D eigenvalue weighted by atomic mass is 16.4. The number of carbonyl (C=O) groups is 2. The van der Waals surface area contributed by atoms with E-state index in [9.17, 15) is 14.7 Å². The molecule has 0 radical (unpaired) electrons. The van der Waals surface area contributed by atoms with Gasteiger partial charge in [0.05, 0.1) is 6.10 Å². The van der Waals surface area contributed by atoms with Crippen molar-refractivity contribution in [1.82, 2.24) is 4.90 Å². The van der Waals surface area contributed by atoms with Gasteiger partial charge in [-0.25, -0.2) is 9.59 Å². The van der Waals surface area contributed by atoms with E-state index in [2.05, 4.69) is 79.7 Å². The van der Waals surface area contributed by atoms with Crippen molar-refractivity contribution in [3.8, 4) is 0 Å². The van der Waals surface area contributed by atoms with Crippen molar-refractivity contribution >= 4 is 11.9 Å². The largest absolute Gasteiger partial charge is 0.479 e. The Kier molecular flexibility index (Phi) is 9.55. The smallest absolute Gasteiger partial charge is 0.335 e. The molecule has 0 bridgehead atoms. The molecule has 4 atom stereocenters. The van der Waals surface area contributed by atoms with E-state index >= 15 is 0 Å². The molecule has 1 aliphatic rings. The van der Waals surface area contributed by atoms with E-state index < -0.39 is 24.1 Å². The topological polar surface area (TPSA) is 139 Å². The fourth-order valence-electron chi connectivity index (χ4n) is 4.45. The van der Waals surface area contributed by atoms with Crippen LogP contribution in [0.3, 0.4) is 0 Å². The molecule has 0 spiro atoms. The molecule has 1 fully saturated rings. The van der Waals surface area contributed by atoms with Crippen molar-refractivity contribution in [2.45, 2.75) is 43.0 Å². The molecule has 0 aliphatic heterocycles. The van der Waals surface area contributed by atoms with E-state index in [4.69, 9.17) is 20.4 Å². The molecular formula is C25H33NO7. The lowest BCUT2D eigenvalue weighted by Gasteiger charge is -2.45. The van der Waals surface area contributed by atoms with Crippen molar-refractivity contribution in [3.63, 3.8) is 0 Å². The SMILES string of the molecule is CN(C)CC1CC(c2ccccc2)(c2ccccc2)CCC1O.O=C(O)C(O)C(O)C(=O)O. The van der Waals surface area contributed by atoms with Gasteiger partial charge in [0, 0.05) is 12.0 Å². The molecule has 0 saturated heterocycles. The molecular weight excluding hydrogens is 426 g/mol. The van der Waals surface area contributed by atoms with Gasteiger partial charge in [0.25, 0.3) is 0 Å². The molecule has 3 rings (SSSR count). The highest BCUT2D eigenvalue weighted by molar-refractivity contribution is 5.83. The zero-order valence-electron chi connectivity index (χ0n) is 18.9. The Labute approximate surface area is 193 Å². The molecule has 2 aromatic rings. The lowest BCUT2D eigenvalue weighted by atomic mass is 9.61. The summed E-state index contributed by atoms with van der Waals surface area (Å²) in [4.78, 5) is 21.7. The van der Waals surface area contributed by atoms with Gasteiger partial charge in [-0.1, -0.05) is 60.7 Å². The van der Waals surface area contributed by atoms with Crippen LogP contribution in [0.4, 0.5) is 0 Å². The van der Waals surface area contributed by atoms with E-state index in [-0.39, 0.29) is 11.5 Å². The van der Waals surface area contributed by atoms with Gasteiger partial charge in [-0.2, -0.15) is 0 Å². The Balaban J connectivity index is 0.000000328. The fourth-order valence-corrected chi connectivity index (χ4v) is 4.45. The first-order chi connectivity index (χ1) is 15.6. The van der Waals surface area contributed by atoms with Crippen LogP contribution in [0.2, 0.25) is 0 Å². The van der Waals surface area contributed by atoms with Crippen molar-refractivity contribution in [2.24, 2.45) is 5.92 Å². The van der Waals surface area contributed by atoms with Gasteiger partial charge in [0.2, 0.25) is 0 Å². The standard InChI is InChI=1S/C21H27NO.C4H6O6/c1-22(2)16-17-15-21(14-13-20(17)23,18-9-5-3-6-10-18)19-11-7-4-8-12-19;5-1(3(7)8)2(6)4(9)10/h3-12,17,20,23H,13-16H2,1-2H3;1-2,5-6H,(H,7,8)(H,9,10). The van der Waals surface area contributed by atoms with Crippen LogP contribution >= 0.6 is 0 Å². The van der Waals surface area contributed by atoms with Crippen LogP contribution in [0.5, 0.6) is 0 Å². The Morgan fingerprint density at radius 1 is 0.909 bits per heavy atom. The molecule has 0 amide bonds.